The van der Waals surface area contributed by atoms with Crippen LogP contribution < -0.4 is 14.8 Å². The molecule has 0 unspecified atom stereocenters. The maximum Gasteiger partial charge on any atom is 0.296 e. The summed E-state index contributed by atoms with van der Waals surface area (Å²) in [6.45, 7) is 2.42. The molecule has 2 heterocycles. The summed E-state index contributed by atoms with van der Waals surface area (Å²) in [6.07, 6.45) is 1.76. The van der Waals surface area contributed by atoms with Crippen molar-refractivity contribution in [2.24, 2.45) is 0 Å². The number of hydrogen-bond acceptors (Lipinski definition) is 6. The van der Waals surface area contributed by atoms with E-state index in [9.17, 15) is 10.1 Å². The fourth-order valence-corrected chi connectivity index (χ4v) is 2.01. The first-order valence-electron chi connectivity index (χ1n) is 6.37. The van der Waals surface area contributed by atoms with Gasteiger partial charge in [-0.25, -0.2) is 0 Å². The van der Waals surface area contributed by atoms with E-state index in [0.717, 1.165) is 11.3 Å². The van der Waals surface area contributed by atoms with E-state index >= 15 is 0 Å². The highest BCUT2D eigenvalue weighted by Crippen LogP contribution is 2.40. The molecule has 7 nitrogen and oxygen atoms in total. The average Bonchev–Trinajstić information content (AvgIpc) is 2.92. The number of anilines is 1. The minimum atomic E-state index is -0.452. The summed E-state index contributed by atoms with van der Waals surface area (Å²) in [5, 5.41) is 14.2. The monoisotopic (exact) mass is 287 g/mol. The zero-order valence-electron chi connectivity index (χ0n) is 11.3. The Hall–Kier alpha value is -2.83. The van der Waals surface area contributed by atoms with Crippen LogP contribution in [0.15, 0.2) is 30.5 Å². The summed E-state index contributed by atoms with van der Waals surface area (Å²) in [5.74, 6) is 0.890. The number of rotatable bonds is 4. The zero-order chi connectivity index (χ0) is 14.8. The predicted octanol–water partition coefficient (Wildman–Crippen LogP) is 2.64. The fraction of sp³-hybridized carbons (Fsp3) is 0.214. The Bertz CT molecular complexity index is 685. The Morgan fingerprint density at radius 1 is 1.33 bits per heavy atom. The molecule has 3 rings (SSSR count). The third-order valence-corrected chi connectivity index (χ3v) is 3.12. The number of pyridine rings is 1. The molecule has 1 aliphatic rings. The molecule has 21 heavy (non-hydrogen) atoms. The summed E-state index contributed by atoms with van der Waals surface area (Å²) < 4.78 is 10.4. The molecule has 0 radical (unpaired) electrons. The lowest BCUT2D eigenvalue weighted by Gasteiger charge is -2.08. The van der Waals surface area contributed by atoms with Crippen LogP contribution in [-0.4, -0.2) is 16.7 Å². The van der Waals surface area contributed by atoms with Crippen molar-refractivity contribution in [3.63, 3.8) is 0 Å². The fourth-order valence-electron chi connectivity index (χ4n) is 2.01. The minimum Gasteiger partial charge on any atom is -0.454 e. The highest BCUT2D eigenvalue weighted by molar-refractivity contribution is 5.68. The van der Waals surface area contributed by atoms with Crippen molar-refractivity contribution in [3.05, 3.63) is 51.8 Å². The van der Waals surface area contributed by atoms with E-state index in [1.165, 1.54) is 6.07 Å². The first-order valence-corrected chi connectivity index (χ1v) is 6.37. The van der Waals surface area contributed by atoms with Crippen molar-refractivity contribution in [2.75, 3.05) is 12.1 Å². The largest absolute Gasteiger partial charge is 0.454 e. The van der Waals surface area contributed by atoms with Crippen molar-refractivity contribution >= 4 is 11.4 Å². The van der Waals surface area contributed by atoms with Gasteiger partial charge in [-0.15, -0.1) is 0 Å². The molecule has 0 saturated carbocycles. The highest BCUT2D eigenvalue weighted by Gasteiger charge is 2.23. The normalized spacial score (nSPS) is 12.2. The molecule has 0 amide bonds. The van der Waals surface area contributed by atoms with Gasteiger partial charge >= 0.3 is 0 Å². The summed E-state index contributed by atoms with van der Waals surface area (Å²) in [4.78, 5) is 14.9. The second kappa shape index (κ2) is 5.28. The van der Waals surface area contributed by atoms with E-state index in [1.54, 1.807) is 12.3 Å². The van der Waals surface area contributed by atoms with Crippen molar-refractivity contribution in [2.45, 2.75) is 13.5 Å². The average molecular weight is 287 g/mol. The molecule has 1 aromatic carbocycles. The Labute approximate surface area is 120 Å². The number of nitrogens with zero attached hydrogens (tertiary/aromatic N) is 2. The van der Waals surface area contributed by atoms with Crippen LogP contribution in [0.25, 0.3) is 0 Å². The van der Waals surface area contributed by atoms with E-state index in [-0.39, 0.29) is 12.5 Å². The number of fused-ring (bicyclic) bond motifs is 1. The molecule has 0 saturated heterocycles. The lowest BCUT2D eigenvalue weighted by atomic mass is 10.2. The molecular formula is C14H13N3O4. The van der Waals surface area contributed by atoms with Gasteiger partial charge in [0.05, 0.1) is 23.2 Å². The standard InChI is InChI=1S/C14H13N3O4/c1-9-2-3-10(15-6-9)7-16-11-4-13-14(21-8-20-13)5-12(11)17(18)19/h2-6,16H,7-8H2,1H3. The number of aromatic nitrogens is 1. The van der Waals surface area contributed by atoms with Crippen LogP contribution in [0.3, 0.4) is 0 Å². The summed E-state index contributed by atoms with van der Waals surface area (Å²) in [6, 6.07) is 6.76. The molecule has 0 bridgehead atoms. The molecule has 0 fully saturated rings. The molecule has 1 aliphatic heterocycles. The SMILES string of the molecule is Cc1ccc(CNc2cc3c(cc2[N+](=O)[O-])OCO3)nc1. The topological polar surface area (TPSA) is 86.5 Å². The minimum absolute atomic E-state index is 0.0497. The summed E-state index contributed by atoms with van der Waals surface area (Å²) in [5.41, 5.74) is 2.19. The Morgan fingerprint density at radius 2 is 2.10 bits per heavy atom. The van der Waals surface area contributed by atoms with Crippen molar-refractivity contribution in [1.82, 2.24) is 4.98 Å². The van der Waals surface area contributed by atoms with Crippen LogP contribution in [0, 0.1) is 17.0 Å². The number of nitro groups is 1. The highest BCUT2D eigenvalue weighted by atomic mass is 16.7. The van der Waals surface area contributed by atoms with Crippen LogP contribution in [0.5, 0.6) is 11.5 Å². The molecular weight excluding hydrogens is 274 g/mol. The van der Waals surface area contributed by atoms with E-state index < -0.39 is 4.92 Å². The van der Waals surface area contributed by atoms with E-state index in [1.807, 2.05) is 19.1 Å². The molecule has 1 N–H and O–H groups in total. The summed E-state index contributed by atoms with van der Waals surface area (Å²) >= 11 is 0. The molecule has 0 aliphatic carbocycles. The first kappa shape index (κ1) is 13.2. The van der Waals surface area contributed by atoms with Gasteiger partial charge in [0.2, 0.25) is 6.79 Å². The Balaban J connectivity index is 1.84. The third kappa shape index (κ3) is 2.71. The summed E-state index contributed by atoms with van der Waals surface area (Å²) in [7, 11) is 0. The van der Waals surface area contributed by atoms with Gasteiger partial charge in [-0.1, -0.05) is 6.07 Å². The quantitative estimate of drug-likeness (QED) is 0.687. The molecule has 108 valence electrons. The Morgan fingerprint density at radius 3 is 2.76 bits per heavy atom. The first-order chi connectivity index (χ1) is 10.1. The molecule has 0 spiro atoms. The van der Waals surface area contributed by atoms with Gasteiger partial charge in [0.1, 0.15) is 5.69 Å². The second-order valence-electron chi connectivity index (χ2n) is 4.66. The van der Waals surface area contributed by atoms with Gasteiger partial charge in [0.15, 0.2) is 11.5 Å². The van der Waals surface area contributed by atoms with Crippen molar-refractivity contribution in [3.8, 4) is 11.5 Å². The van der Waals surface area contributed by atoms with Gasteiger partial charge in [0.25, 0.3) is 5.69 Å². The van der Waals surface area contributed by atoms with E-state index in [0.29, 0.717) is 23.7 Å². The molecule has 2 aromatic rings. The van der Waals surface area contributed by atoms with E-state index in [2.05, 4.69) is 10.3 Å². The maximum atomic E-state index is 11.1. The van der Waals surface area contributed by atoms with Gasteiger partial charge in [-0.2, -0.15) is 0 Å². The number of benzene rings is 1. The van der Waals surface area contributed by atoms with Crippen LogP contribution in [0.4, 0.5) is 11.4 Å². The Kier molecular flexibility index (Phi) is 3.31. The number of nitrogens with one attached hydrogen (secondary N) is 1. The lowest BCUT2D eigenvalue weighted by Crippen LogP contribution is -2.04. The van der Waals surface area contributed by atoms with E-state index in [4.69, 9.17) is 9.47 Å². The van der Waals surface area contributed by atoms with Crippen molar-refractivity contribution in [1.29, 1.82) is 0 Å². The van der Waals surface area contributed by atoms with Crippen LogP contribution in [0.1, 0.15) is 11.3 Å². The third-order valence-electron chi connectivity index (χ3n) is 3.12. The van der Waals surface area contributed by atoms with Crippen LogP contribution >= 0.6 is 0 Å². The number of ether oxygens (including phenoxy) is 2. The second-order valence-corrected chi connectivity index (χ2v) is 4.66. The van der Waals surface area contributed by atoms with Gasteiger partial charge in [-0.05, 0) is 18.6 Å². The van der Waals surface area contributed by atoms with Crippen LogP contribution in [-0.2, 0) is 6.54 Å². The smallest absolute Gasteiger partial charge is 0.296 e. The van der Waals surface area contributed by atoms with Gasteiger partial charge < -0.3 is 14.8 Å². The van der Waals surface area contributed by atoms with Crippen LogP contribution in [0.2, 0.25) is 0 Å². The lowest BCUT2D eigenvalue weighted by molar-refractivity contribution is -0.384. The maximum absolute atomic E-state index is 11.1. The molecule has 1 aromatic heterocycles. The molecule has 7 heteroatoms. The van der Waals surface area contributed by atoms with Gasteiger partial charge in [-0.3, -0.25) is 15.1 Å². The number of hydrogen-bond donors (Lipinski definition) is 1. The van der Waals surface area contributed by atoms with Crippen molar-refractivity contribution < 1.29 is 14.4 Å². The molecule has 0 atom stereocenters. The number of aryl methyl sites for hydroxylation is 1. The van der Waals surface area contributed by atoms with Gasteiger partial charge in [0, 0.05) is 12.3 Å². The number of nitro benzene ring substituents is 1. The zero-order valence-corrected chi connectivity index (χ0v) is 11.3. The predicted molar refractivity (Wildman–Crippen MR) is 75.5 cm³/mol.